The number of rotatable bonds is 3. The minimum Gasteiger partial charge on any atom is -0.309 e. The van der Waals surface area contributed by atoms with Gasteiger partial charge in [0, 0.05) is 41.6 Å². The number of para-hydroxylation sites is 3. The lowest BCUT2D eigenvalue weighted by Crippen LogP contribution is -2.36. The van der Waals surface area contributed by atoms with Gasteiger partial charge in [0.1, 0.15) is 0 Å². The number of hydrogen-bond acceptors (Lipinski definition) is 2. The fourth-order valence-electron chi connectivity index (χ4n) is 8.79. The van der Waals surface area contributed by atoms with E-state index in [4.69, 9.17) is 0 Å². The molecular weight excluding hydrogens is 667 g/mol. The molecule has 0 radical (unpaired) electrons. The summed E-state index contributed by atoms with van der Waals surface area (Å²) in [6.45, 7) is 0. The summed E-state index contributed by atoms with van der Waals surface area (Å²) in [5, 5.41) is 2.53. The van der Waals surface area contributed by atoms with Crippen molar-refractivity contribution in [1.29, 1.82) is 0 Å². The van der Waals surface area contributed by atoms with Gasteiger partial charge in [0.05, 0.1) is 16.4 Å². The topological polar surface area (TPSA) is 4.93 Å². The van der Waals surface area contributed by atoms with Crippen LogP contribution in [-0.4, -0.2) is 4.57 Å². The van der Waals surface area contributed by atoms with Gasteiger partial charge in [-0.05, 0) is 81.4 Å². The van der Waals surface area contributed by atoms with Crippen LogP contribution in [0.15, 0.2) is 208 Å². The maximum atomic E-state index is 2.48. The lowest BCUT2D eigenvalue weighted by molar-refractivity contribution is 0.668. The summed E-state index contributed by atoms with van der Waals surface area (Å²) in [6.07, 6.45) is 0. The van der Waals surface area contributed by atoms with E-state index in [0.29, 0.717) is 0 Å². The first kappa shape index (κ1) is 29.9. The van der Waals surface area contributed by atoms with Gasteiger partial charge in [0.25, 0.3) is 0 Å². The molecule has 3 heterocycles. The third kappa shape index (κ3) is 4.21. The van der Waals surface area contributed by atoms with Crippen LogP contribution >= 0.6 is 23.5 Å². The molecule has 0 aliphatic carbocycles. The smallest absolute Gasteiger partial charge is 0.0745 e. The number of benzene rings is 8. The highest BCUT2D eigenvalue weighted by molar-refractivity contribution is 8.00. The van der Waals surface area contributed by atoms with E-state index in [1.54, 1.807) is 0 Å². The Labute approximate surface area is 311 Å². The Morgan fingerprint density at radius 1 is 0.385 bits per heavy atom. The van der Waals surface area contributed by atoms with Gasteiger partial charge in [0.2, 0.25) is 0 Å². The maximum Gasteiger partial charge on any atom is 0.0745 e. The first-order valence-electron chi connectivity index (χ1n) is 17.8. The molecule has 52 heavy (non-hydrogen) atoms. The zero-order chi connectivity index (χ0) is 34.2. The van der Waals surface area contributed by atoms with E-state index in [2.05, 4.69) is 193 Å². The average molecular weight is 698 g/mol. The molecule has 0 saturated heterocycles. The SMILES string of the molecule is c1ccc(-c2ccc3c(c2)C2(c4ccccc4Sc4ccccc42)c2cccc(-c4cccc5c6ccccc6n(-c6ccccc6)c45)c2S3)cc1. The molecule has 1 aromatic heterocycles. The average Bonchev–Trinajstić information content (AvgIpc) is 3.56. The largest absolute Gasteiger partial charge is 0.309 e. The van der Waals surface area contributed by atoms with Crippen LogP contribution in [0.25, 0.3) is 49.7 Å². The van der Waals surface area contributed by atoms with Crippen LogP contribution in [0.2, 0.25) is 0 Å². The summed E-state index contributed by atoms with van der Waals surface area (Å²) in [5.74, 6) is 0. The van der Waals surface area contributed by atoms with Gasteiger partial charge in [0.15, 0.2) is 0 Å². The van der Waals surface area contributed by atoms with Gasteiger partial charge in [-0.15, -0.1) is 0 Å². The van der Waals surface area contributed by atoms with Crippen molar-refractivity contribution in [3.05, 3.63) is 210 Å². The zero-order valence-electron chi connectivity index (χ0n) is 28.2. The van der Waals surface area contributed by atoms with Gasteiger partial charge < -0.3 is 4.57 Å². The van der Waals surface area contributed by atoms with Crippen LogP contribution in [0.1, 0.15) is 22.3 Å². The monoisotopic (exact) mass is 697 g/mol. The van der Waals surface area contributed by atoms with Gasteiger partial charge in [-0.25, -0.2) is 0 Å². The second-order valence-electron chi connectivity index (χ2n) is 13.6. The Bertz CT molecular complexity index is 2810. The number of fused-ring (bicyclic) bond motifs is 11. The summed E-state index contributed by atoms with van der Waals surface area (Å²) >= 11 is 3.82. The van der Waals surface area contributed by atoms with Gasteiger partial charge >= 0.3 is 0 Å². The first-order valence-corrected chi connectivity index (χ1v) is 19.4. The van der Waals surface area contributed by atoms with Gasteiger partial charge in [-0.3, -0.25) is 0 Å². The van der Waals surface area contributed by atoms with Crippen molar-refractivity contribution >= 4 is 45.3 Å². The van der Waals surface area contributed by atoms with Crippen LogP contribution in [0.4, 0.5) is 0 Å². The Hall–Kier alpha value is -5.74. The van der Waals surface area contributed by atoms with Crippen molar-refractivity contribution < 1.29 is 0 Å². The summed E-state index contributed by atoms with van der Waals surface area (Å²) < 4.78 is 2.46. The lowest BCUT2D eigenvalue weighted by Gasteiger charge is -2.46. The van der Waals surface area contributed by atoms with E-state index in [1.807, 2.05) is 23.5 Å². The second kappa shape index (κ2) is 11.6. The number of nitrogens with zero attached hydrogens (tertiary/aromatic N) is 1. The van der Waals surface area contributed by atoms with Crippen LogP contribution in [-0.2, 0) is 5.41 Å². The molecule has 0 N–H and O–H groups in total. The van der Waals surface area contributed by atoms with Crippen LogP contribution in [0.3, 0.4) is 0 Å². The molecule has 8 aromatic carbocycles. The lowest BCUT2D eigenvalue weighted by atomic mass is 9.64. The minimum absolute atomic E-state index is 0.505. The standard InChI is InChI=1S/C49H31NS2/c1-3-15-32(16-4-1)33-29-30-46-42(31-33)49(39-23-8-11-27-44(39)51-45-28-12-9-24-40(45)49)41-25-14-22-38(48(41)52-46)37-21-13-20-36-35-19-7-10-26-43(35)50(47(36)37)34-17-5-2-6-18-34/h1-31H. The summed E-state index contributed by atoms with van der Waals surface area (Å²) in [4.78, 5) is 5.24. The van der Waals surface area contributed by atoms with Crippen molar-refractivity contribution in [2.75, 3.05) is 0 Å². The fourth-order valence-corrected chi connectivity index (χ4v) is 11.3. The highest BCUT2D eigenvalue weighted by Crippen LogP contribution is 2.63. The third-order valence-corrected chi connectivity index (χ3v) is 13.3. The Kier molecular flexibility index (Phi) is 6.70. The van der Waals surface area contributed by atoms with E-state index in [9.17, 15) is 0 Å². The summed E-state index contributed by atoms with van der Waals surface area (Å²) in [5.41, 5.74) is 13.5. The minimum atomic E-state index is -0.505. The molecule has 11 rings (SSSR count). The highest BCUT2D eigenvalue weighted by atomic mass is 32.2. The molecule has 2 aliphatic rings. The Balaban J connectivity index is 1.27. The van der Waals surface area contributed by atoms with Crippen molar-refractivity contribution in [3.8, 4) is 27.9 Å². The van der Waals surface area contributed by atoms with Crippen molar-refractivity contribution in [1.82, 2.24) is 4.57 Å². The van der Waals surface area contributed by atoms with E-state index in [0.717, 1.165) is 0 Å². The quantitative estimate of drug-likeness (QED) is 0.181. The molecule has 0 amide bonds. The van der Waals surface area contributed by atoms with E-state index in [-0.39, 0.29) is 0 Å². The Morgan fingerprint density at radius 2 is 0.981 bits per heavy atom. The summed E-state index contributed by atoms with van der Waals surface area (Å²) in [6, 6.07) is 69.7. The zero-order valence-corrected chi connectivity index (χ0v) is 29.8. The predicted octanol–water partition coefficient (Wildman–Crippen LogP) is 13.4. The molecule has 0 fully saturated rings. The van der Waals surface area contributed by atoms with Gasteiger partial charge in [-0.1, -0.05) is 169 Å². The van der Waals surface area contributed by atoms with Crippen LogP contribution < -0.4 is 0 Å². The molecule has 1 nitrogen and oxygen atoms in total. The van der Waals surface area contributed by atoms with E-state index in [1.165, 1.54) is 91.6 Å². The second-order valence-corrected chi connectivity index (χ2v) is 15.7. The van der Waals surface area contributed by atoms with Crippen LogP contribution in [0, 0.1) is 0 Å². The first-order chi connectivity index (χ1) is 25.8. The molecule has 1 spiro atoms. The molecule has 0 bridgehead atoms. The molecular formula is C49H31NS2. The number of hydrogen-bond donors (Lipinski definition) is 0. The maximum absolute atomic E-state index is 2.48. The van der Waals surface area contributed by atoms with Crippen molar-refractivity contribution in [2.24, 2.45) is 0 Å². The third-order valence-electron chi connectivity index (χ3n) is 10.9. The number of aromatic nitrogens is 1. The Morgan fingerprint density at radius 3 is 1.77 bits per heavy atom. The molecule has 0 atom stereocenters. The van der Waals surface area contributed by atoms with Crippen LogP contribution in [0.5, 0.6) is 0 Å². The normalized spacial score (nSPS) is 13.8. The molecule has 0 unspecified atom stereocenters. The molecule has 9 aromatic rings. The van der Waals surface area contributed by atoms with E-state index >= 15 is 0 Å². The van der Waals surface area contributed by atoms with Crippen molar-refractivity contribution in [3.63, 3.8) is 0 Å². The van der Waals surface area contributed by atoms with Crippen molar-refractivity contribution in [2.45, 2.75) is 25.0 Å². The van der Waals surface area contributed by atoms with E-state index < -0.39 is 5.41 Å². The molecule has 3 heteroatoms. The molecule has 0 saturated carbocycles. The highest BCUT2D eigenvalue weighted by Gasteiger charge is 2.49. The summed E-state index contributed by atoms with van der Waals surface area (Å²) in [7, 11) is 0. The van der Waals surface area contributed by atoms with Gasteiger partial charge in [-0.2, -0.15) is 0 Å². The molecule has 2 aliphatic heterocycles. The predicted molar refractivity (Wildman–Crippen MR) is 218 cm³/mol. The molecule has 244 valence electrons. The fraction of sp³-hybridized carbons (Fsp3) is 0.0204.